The lowest BCUT2D eigenvalue weighted by atomic mass is 9.85. The van der Waals surface area contributed by atoms with Crippen molar-refractivity contribution < 1.29 is 14.0 Å². The van der Waals surface area contributed by atoms with Crippen LogP contribution in [0.3, 0.4) is 0 Å². The zero-order valence-corrected chi connectivity index (χ0v) is 16.1. The lowest BCUT2D eigenvalue weighted by molar-refractivity contribution is -0.138. The number of aromatic nitrogens is 2. The number of anilines is 1. The topological polar surface area (TPSA) is 92.4 Å². The number of hydrogen-bond donors (Lipinski definition) is 2. The van der Waals surface area contributed by atoms with Crippen molar-refractivity contribution in [2.24, 2.45) is 13.0 Å². The number of nitrogens with zero attached hydrogens (tertiary/aromatic N) is 3. The van der Waals surface area contributed by atoms with E-state index in [-0.39, 0.29) is 17.7 Å². The van der Waals surface area contributed by atoms with Gasteiger partial charge in [0, 0.05) is 38.3 Å². The highest BCUT2D eigenvalue weighted by atomic mass is 16.3. The molecule has 0 radical (unpaired) electrons. The van der Waals surface area contributed by atoms with Crippen molar-refractivity contribution in [1.82, 2.24) is 20.0 Å². The summed E-state index contributed by atoms with van der Waals surface area (Å²) in [6.07, 6.45) is 4.45. The van der Waals surface area contributed by atoms with Gasteiger partial charge in [0.2, 0.25) is 11.8 Å². The van der Waals surface area contributed by atoms with Crippen molar-refractivity contribution in [2.75, 3.05) is 18.4 Å². The smallest absolute Gasteiger partial charge is 0.246 e. The Morgan fingerprint density at radius 3 is 2.59 bits per heavy atom. The molecule has 0 bridgehead atoms. The van der Waals surface area contributed by atoms with Crippen LogP contribution in [0.2, 0.25) is 0 Å². The van der Waals surface area contributed by atoms with E-state index in [4.69, 9.17) is 4.42 Å². The van der Waals surface area contributed by atoms with E-state index in [9.17, 15) is 9.59 Å². The van der Waals surface area contributed by atoms with E-state index in [1.54, 1.807) is 17.0 Å². The van der Waals surface area contributed by atoms with Gasteiger partial charge in [-0.05, 0) is 25.0 Å². The predicted molar refractivity (Wildman–Crippen MR) is 101 cm³/mol. The summed E-state index contributed by atoms with van der Waals surface area (Å²) >= 11 is 0. The summed E-state index contributed by atoms with van der Waals surface area (Å²) in [4.78, 5) is 27.2. The van der Waals surface area contributed by atoms with Crippen LogP contribution in [0.25, 0.3) is 0 Å². The molecule has 2 aromatic heterocycles. The summed E-state index contributed by atoms with van der Waals surface area (Å²) in [5, 5.41) is 10.6. The zero-order valence-electron chi connectivity index (χ0n) is 16.1. The van der Waals surface area contributed by atoms with Gasteiger partial charge < -0.3 is 20.0 Å². The van der Waals surface area contributed by atoms with Gasteiger partial charge in [-0.15, -0.1) is 0 Å². The number of carbonyl (C=O) groups is 2. The van der Waals surface area contributed by atoms with Crippen LogP contribution < -0.4 is 10.6 Å². The zero-order chi connectivity index (χ0) is 19.4. The molecule has 2 amide bonds. The SMILES string of the molecule is CC(C)C(=O)N1CCC(Nc2ccn(C)n2)(C(=O)NCc2ccco2)CC1. The highest BCUT2D eigenvalue weighted by Gasteiger charge is 2.43. The van der Waals surface area contributed by atoms with Gasteiger partial charge in [0.05, 0.1) is 12.8 Å². The monoisotopic (exact) mass is 373 g/mol. The second-order valence-electron chi connectivity index (χ2n) is 7.32. The quantitative estimate of drug-likeness (QED) is 0.805. The van der Waals surface area contributed by atoms with Gasteiger partial charge in [0.25, 0.3) is 0 Å². The van der Waals surface area contributed by atoms with Gasteiger partial charge in [0.1, 0.15) is 17.1 Å². The molecule has 1 aliphatic rings. The fourth-order valence-electron chi connectivity index (χ4n) is 3.36. The molecule has 8 nitrogen and oxygen atoms in total. The van der Waals surface area contributed by atoms with E-state index in [2.05, 4.69) is 15.7 Å². The molecular weight excluding hydrogens is 346 g/mol. The fraction of sp³-hybridized carbons (Fsp3) is 0.526. The number of carbonyl (C=O) groups excluding carboxylic acids is 2. The van der Waals surface area contributed by atoms with Gasteiger partial charge in [-0.25, -0.2) is 0 Å². The number of amides is 2. The lowest BCUT2D eigenvalue weighted by Crippen LogP contribution is -2.59. The van der Waals surface area contributed by atoms with Crippen molar-refractivity contribution in [1.29, 1.82) is 0 Å². The van der Waals surface area contributed by atoms with E-state index >= 15 is 0 Å². The normalized spacial score (nSPS) is 16.4. The van der Waals surface area contributed by atoms with Gasteiger partial charge in [-0.2, -0.15) is 5.10 Å². The lowest BCUT2D eigenvalue weighted by Gasteiger charge is -2.41. The summed E-state index contributed by atoms with van der Waals surface area (Å²) in [7, 11) is 1.83. The molecule has 8 heteroatoms. The van der Waals surface area contributed by atoms with Crippen LogP contribution in [0.4, 0.5) is 5.82 Å². The molecule has 3 rings (SSSR count). The molecule has 1 aliphatic heterocycles. The minimum absolute atomic E-state index is 0.0472. The van der Waals surface area contributed by atoms with Gasteiger partial charge in [-0.3, -0.25) is 14.3 Å². The number of piperidine rings is 1. The highest BCUT2D eigenvalue weighted by molar-refractivity contribution is 5.89. The van der Waals surface area contributed by atoms with Crippen LogP contribution >= 0.6 is 0 Å². The van der Waals surface area contributed by atoms with E-state index in [1.165, 1.54) is 0 Å². The summed E-state index contributed by atoms with van der Waals surface area (Å²) in [6, 6.07) is 5.45. The molecule has 3 heterocycles. The Morgan fingerprint density at radius 2 is 2.04 bits per heavy atom. The van der Waals surface area contributed by atoms with Crippen LogP contribution in [0.1, 0.15) is 32.4 Å². The Kier molecular flexibility index (Phi) is 5.53. The largest absolute Gasteiger partial charge is 0.467 e. The van der Waals surface area contributed by atoms with Gasteiger partial charge in [-0.1, -0.05) is 13.8 Å². The summed E-state index contributed by atoms with van der Waals surface area (Å²) < 4.78 is 6.99. The van der Waals surface area contributed by atoms with E-state index in [1.807, 2.05) is 44.1 Å². The van der Waals surface area contributed by atoms with Crippen LogP contribution in [-0.2, 0) is 23.2 Å². The first-order valence-electron chi connectivity index (χ1n) is 9.27. The number of hydrogen-bond acceptors (Lipinski definition) is 5. The molecule has 0 unspecified atom stereocenters. The third kappa shape index (κ3) is 4.32. The molecule has 1 fully saturated rings. The first-order chi connectivity index (χ1) is 12.9. The molecule has 1 saturated heterocycles. The van der Waals surface area contributed by atoms with Crippen molar-refractivity contribution in [3.8, 4) is 0 Å². The van der Waals surface area contributed by atoms with E-state index in [0.29, 0.717) is 44.1 Å². The van der Waals surface area contributed by atoms with Crippen molar-refractivity contribution >= 4 is 17.6 Å². The maximum absolute atomic E-state index is 13.1. The minimum atomic E-state index is -0.811. The molecule has 2 aromatic rings. The average Bonchev–Trinajstić information content (AvgIpc) is 3.31. The van der Waals surface area contributed by atoms with Gasteiger partial charge >= 0.3 is 0 Å². The summed E-state index contributed by atoms with van der Waals surface area (Å²) in [5.41, 5.74) is -0.811. The fourth-order valence-corrected chi connectivity index (χ4v) is 3.36. The molecule has 0 saturated carbocycles. The molecule has 0 aromatic carbocycles. The maximum atomic E-state index is 13.1. The Labute approximate surface area is 158 Å². The van der Waals surface area contributed by atoms with Crippen LogP contribution in [0, 0.1) is 5.92 Å². The molecular formula is C19H27N5O3. The van der Waals surface area contributed by atoms with E-state index < -0.39 is 5.54 Å². The molecule has 146 valence electrons. The molecule has 0 aliphatic carbocycles. The first kappa shape index (κ1) is 19.0. The Hall–Kier alpha value is -2.77. The second kappa shape index (κ2) is 7.85. The summed E-state index contributed by atoms with van der Waals surface area (Å²) in [6.45, 7) is 5.18. The first-order valence-corrected chi connectivity index (χ1v) is 9.27. The predicted octanol–water partition coefficient (Wildman–Crippen LogP) is 1.76. The number of nitrogens with one attached hydrogen (secondary N) is 2. The summed E-state index contributed by atoms with van der Waals surface area (Å²) in [5.74, 6) is 1.31. The molecule has 0 spiro atoms. The standard InChI is InChI=1S/C19H27N5O3/c1-14(2)17(25)24-10-7-19(8-11-24,21-16-6-9-23(3)22-16)18(26)20-13-15-5-4-12-27-15/h4-6,9,12,14H,7-8,10-11,13H2,1-3H3,(H,20,26)(H,21,22). The number of likely N-dealkylation sites (tertiary alicyclic amines) is 1. The maximum Gasteiger partial charge on any atom is 0.246 e. The minimum Gasteiger partial charge on any atom is -0.467 e. The second-order valence-corrected chi connectivity index (χ2v) is 7.32. The Morgan fingerprint density at radius 1 is 1.30 bits per heavy atom. The third-order valence-electron chi connectivity index (χ3n) is 4.94. The van der Waals surface area contributed by atoms with Crippen molar-refractivity contribution in [3.05, 3.63) is 36.4 Å². The van der Waals surface area contributed by atoms with Crippen LogP contribution in [0.5, 0.6) is 0 Å². The van der Waals surface area contributed by atoms with Crippen LogP contribution in [0.15, 0.2) is 35.1 Å². The number of aryl methyl sites for hydroxylation is 1. The molecule has 0 atom stereocenters. The van der Waals surface area contributed by atoms with Crippen molar-refractivity contribution in [2.45, 2.75) is 38.8 Å². The number of rotatable bonds is 6. The van der Waals surface area contributed by atoms with Crippen LogP contribution in [-0.4, -0.2) is 45.1 Å². The molecule has 2 N–H and O–H groups in total. The Balaban J connectivity index is 1.73. The molecule has 27 heavy (non-hydrogen) atoms. The third-order valence-corrected chi connectivity index (χ3v) is 4.94. The Bertz CT molecular complexity index is 773. The van der Waals surface area contributed by atoms with Gasteiger partial charge in [0.15, 0.2) is 0 Å². The average molecular weight is 373 g/mol. The van der Waals surface area contributed by atoms with Crippen molar-refractivity contribution in [3.63, 3.8) is 0 Å². The highest BCUT2D eigenvalue weighted by Crippen LogP contribution is 2.28. The number of furan rings is 1. The van der Waals surface area contributed by atoms with E-state index in [0.717, 1.165) is 0 Å².